The van der Waals surface area contributed by atoms with Crippen LogP contribution in [0, 0.1) is 49.4 Å². The molecule has 3 fully saturated rings. The van der Waals surface area contributed by atoms with Crippen molar-refractivity contribution in [1.82, 2.24) is 0 Å². The second-order valence-corrected chi connectivity index (χ2v) is 10.0. The van der Waals surface area contributed by atoms with E-state index in [0.29, 0.717) is 17.4 Å². The van der Waals surface area contributed by atoms with Crippen LogP contribution < -0.4 is 4.90 Å². The number of ketones is 1. The molecule has 6 atom stereocenters. The van der Waals surface area contributed by atoms with Gasteiger partial charge in [0.2, 0.25) is 17.6 Å². The van der Waals surface area contributed by atoms with Crippen molar-refractivity contribution >= 4 is 29.3 Å². The van der Waals surface area contributed by atoms with Crippen LogP contribution in [-0.2, 0) is 14.3 Å². The Labute approximate surface area is 197 Å². The van der Waals surface area contributed by atoms with E-state index in [9.17, 15) is 19.2 Å². The molecule has 5 aliphatic rings. The monoisotopic (exact) mass is 455 g/mol. The van der Waals surface area contributed by atoms with E-state index in [1.54, 1.807) is 24.3 Å². The van der Waals surface area contributed by atoms with Gasteiger partial charge in [-0.15, -0.1) is 0 Å². The van der Waals surface area contributed by atoms with E-state index in [1.807, 2.05) is 26.0 Å². The molecule has 0 N–H and O–H groups in total. The number of Topliss-reactive ketones (excluding diaryl/α,β-unsaturated/α-hetero) is 1. The van der Waals surface area contributed by atoms with Gasteiger partial charge in [0.25, 0.3) is 0 Å². The summed E-state index contributed by atoms with van der Waals surface area (Å²) in [5.74, 6) is -0.956. The SMILES string of the molecule is Cc1ccc(C)c(C(=O)COC(=O)c2ccccc2N2C(=O)C3C4C=CC(C5CC45)C3C2=O)c1. The summed E-state index contributed by atoms with van der Waals surface area (Å²) in [7, 11) is 0. The fourth-order valence-corrected chi connectivity index (χ4v) is 6.36. The van der Waals surface area contributed by atoms with Crippen LogP contribution in [-0.4, -0.2) is 30.2 Å². The third-order valence-corrected chi connectivity index (χ3v) is 8.06. The summed E-state index contributed by atoms with van der Waals surface area (Å²) in [5, 5.41) is 0. The topological polar surface area (TPSA) is 80.8 Å². The number of nitrogens with zero attached hydrogens (tertiary/aromatic N) is 1. The van der Waals surface area contributed by atoms with Gasteiger partial charge in [-0.25, -0.2) is 9.69 Å². The molecule has 1 heterocycles. The van der Waals surface area contributed by atoms with Gasteiger partial charge in [-0.2, -0.15) is 0 Å². The molecule has 6 heteroatoms. The van der Waals surface area contributed by atoms with Gasteiger partial charge >= 0.3 is 5.97 Å². The van der Waals surface area contributed by atoms with Crippen molar-refractivity contribution < 1.29 is 23.9 Å². The molecule has 7 rings (SSSR count). The van der Waals surface area contributed by atoms with E-state index in [0.717, 1.165) is 17.5 Å². The summed E-state index contributed by atoms with van der Waals surface area (Å²) in [4.78, 5) is 53.8. The molecule has 6 nitrogen and oxygen atoms in total. The number of amides is 2. The van der Waals surface area contributed by atoms with Crippen LogP contribution in [0.4, 0.5) is 5.69 Å². The first-order valence-corrected chi connectivity index (χ1v) is 11.8. The lowest BCUT2D eigenvalue weighted by atomic mass is 9.63. The number of carbonyl (C=O) groups excluding carboxylic acids is 4. The molecule has 1 aliphatic heterocycles. The fourth-order valence-electron chi connectivity index (χ4n) is 6.36. The number of benzene rings is 2. The van der Waals surface area contributed by atoms with Crippen LogP contribution in [0.3, 0.4) is 0 Å². The van der Waals surface area contributed by atoms with Crippen LogP contribution in [0.1, 0.15) is 38.3 Å². The molecule has 172 valence electrons. The molecule has 4 aliphatic carbocycles. The second kappa shape index (κ2) is 7.49. The molecule has 0 aromatic heterocycles. The van der Waals surface area contributed by atoms with Crippen LogP contribution in [0.15, 0.2) is 54.6 Å². The fraction of sp³-hybridized carbons (Fsp3) is 0.357. The molecule has 2 bridgehead atoms. The number of para-hydroxylation sites is 1. The Kier molecular flexibility index (Phi) is 4.63. The minimum Gasteiger partial charge on any atom is -0.454 e. The molecule has 0 radical (unpaired) electrons. The van der Waals surface area contributed by atoms with Crippen molar-refractivity contribution in [3.05, 3.63) is 76.9 Å². The first-order chi connectivity index (χ1) is 16.4. The third kappa shape index (κ3) is 3.01. The average molecular weight is 456 g/mol. The zero-order valence-electron chi connectivity index (χ0n) is 19.1. The number of allylic oxidation sites excluding steroid dienone is 2. The van der Waals surface area contributed by atoms with Crippen molar-refractivity contribution in [2.75, 3.05) is 11.5 Å². The van der Waals surface area contributed by atoms with Gasteiger partial charge < -0.3 is 4.74 Å². The quantitative estimate of drug-likeness (QED) is 0.296. The molecule has 2 amide bonds. The predicted molar refractivity (Wildman–Crippen MR) is 124 cm³/mol. The third-order valence-electron chi connectivity index (χ3n) is 8.06. The molecule has 6 unspecified atom stereocenters. The second-order valence-electron chi connectivity index (χ2n) is 10.0. The van der Waals surface area contributed by atoms with E-state index in [1.165, 1.54) is 11.0 Å². The highest BCUT2D eigenvalue weighted by atomic mass is 16.5. The normalized spacial score (nSPS) is 30.2. The molecule has 2 aromatic carbocycles. The number of esters is 1. The zero-order valence-corrected chi connectivity index (χ0v) is 19.1. The average Bonchev–Trinajstić information content (AvgIpc) is 3.62. The maximum absolute atomic E-state index is 13.5. The summed E-state index contributed by atoms with van der Waals surface area (Å²) >= 11 is 0. The van der Waals surface area contributed by atoms with Gasteiger partial charge in [-0.05, 0) is 67.7 Å². The number of imide groups is 1. The Balaban J connectivity index is 1.24. The van der Waals surface area contributed by atoms with Crippen molar-refractivity contribution in [2.45, 2.75) is 20.3 Å². The molecular weight excluding hydrogens is 430 g/mol. The Morgan fingerprint density at radius 3 is 2.24 bits per heavy atom. The first-order valence-electron chi connectivity index (χ1n) is 11.8. The Bertz CT molecular complexity index is 1260. The molecule has 2 aromatic rings. The van der Waals surface area contributed by atoms with E-state index >= 15 is 0 Å². The highest BCUT2D eigenvalue weighted by Gasteiger charge is 2.67. The van der Waals surface area contributed by atoms with Crippen molar-refractivity contribution in [3.63, 3.8) is 0 Å². The van der Waals surface area contributed by atoms with E-state index in [-0.39, 0.29) is 52.5 Å². The lowest BCUT2D eigenvalue weighted by Gasteiger charge is -2.37. The van der Waals surface area contributed by atoms with Crippen LogP contribution in [0.2, 0.25) is 0 Å². The highest BCUT2D eigenvalue weighted by Crippen LogP contribution is 2.65. The van der Waals surface area contributed by atoms with Crippen molar-refractivity contribution in [1.29, 1.82) is 0 Å². The first kappa shape index (κ1) is 21.0. The smallest absolute Gasteiger partial charge is 0.340 e. The summed E-state index contributed by atoms with van der Waals surface area (Å²) in [6, 6.07) is 12.0. The standard InChI is InChI=1S/C28H25NO5/c1-14-7-8-15(2)19(11-14)23(30)13-34-28(33)18-5-3-4-6-22(18)29-26(31)24-16-9-10-17(21-12-20(16)21)25(24)27(29)32/h3-11,16-17,20-21,24-25H,12-13H2,1-2H3. The Morgan fingerprint density at radius 1 is 0.912 bits per heavy atom. The number of aryl methyl sites for hydroxylation is 2. The number of ether oxygens (including phenoxy) is 1. The maximum atomic E-state index is 13.5. The van der Waals surface area contributed by atoms with Crippen LogP contribution >= 0.6 is 0 Å². The maximum Gasteiger partial charge on any atom is 0.340 e. The van der Waals surface area contributed by atoms with Crippen LogP contribution in [0.5, 0.6) is 0 Å². The lowest BCUT2D eigenvalue weighted by Crippen LogP contribution is -2.40. The van der Waals surface area contributed by atoms with Gasteiger partial charge in [0.1, 0.15) is 0 Å². The summed E-state index contributed by atoms with van der Waals surface area (Å²) < 4.78 is 5.36. The largest absolute Gasteiger partial charge is 0.454 e. The van der Waals surface area contributed by atoms with Crippen molar-refractivity contribution in [2.24, 2.45) is 35.5 Å². The number of carbonyl (C=O) groups is 4. The number of rotatable bonds is 5. The van der Waals surface area contributed by atoms with Crippen LogP contribution in [0.25, 0.3) is 0 Å². The van der Waals surface area contributed by atoms with Gasteiger partial charge in [-0.1, -0.05) is 42.0 Å². The van der Waals surface area contributed by atoms with Gasteiger partial charge in [0, 0.05) is 5.56 Å². The molecule has 1 saturated heterocycles. The highest BCUT2D eigenvalue weighted by molar-refractivity contribution is 6.24. The van der Waals surface area contributed by atoms with E-state index in [2.05, 4.69) is 12.2 Å². The Morgan fingerprint density at radius 2 is 1.56 bits per heavy atom. The summed E-state index contributed by atoms with van der Waals surface area (Å²) in [6.45, 7) is 3.31. The molecule has 0 spiro atoms. The zero-order chi connectivity index (χ0) is 23.7. The van der Waals surface area contributed by atoms with E-state index in [4.69, 9.17) is 4.74 Å². The number of anilines is 1. The molecular formula is C28H25NO5. The predicted octanol–water partition coefficient (Wildman–Crippen LogP) is 3.90. The molecule has 34 heavy (non-hydrogen) atoms. The summed E-state index contributed by atoms with van der Waals surface area (Å²) in [6.07, 6.45) is 5.33. The minimum atomic E-state index is -0.728. The summed E-state index contributed by atoms with van der Waals surface area (Å²) in [5.41, 5.74) is 2.62. The minimum absolute atomic E-state index is 0.107. The Hall–Kier alpha value is -3.54. The van der Waals surface area contributed by atoms with Gasteiger partial charge in [0.15, 0.2) is 6.61 Å². The van der Waals surface area contributed by atoms with Crippen molar-refractivity contribution in [3.8, 4) is 0 Å². The number of hydrogen-bond acceptors (Lipinski definition) is 5. The van der Waals surface area contributed by atoms with Gasteiger partial charge in [-0.3, -0.25) is 14.4 Å². The lowest BCUT2D eigenvalue weighted by molar-refractivity contribution is -0.124. The van der Waals surface area contributed by atoms with Gasteiger partial charge in [0.05, 0.1) is 23.1 Å². The molecule has 2 saturated carbocycles. The number of hydrogen-bond donors (Lipinski definition) is 0. The van der Waals surface area contributed by atoms with E-state index < -0.39 is 12.6 Å².